The van der Waals surface area contributed by atoms with Crippen molar-refractivity contribution in [3.63, 3.8) is 0 Å². The maximum absolute atomic E-state index is 14.2. The second-order valence-corrected chi connectivity index (χ2v) is 5.40. The molecule has 0 saturated carbocycles. The molecule has 0 atom stereocenters. The van der Waals surface area contributed by atoms with Crippen LogP contribution in [0.5, 0.6) is 5.75 Å². The average molecular weight is 391 g/mol. The van der Waals surface area contributed by atoms with E-state index in [1.807, 2.05) is 0 Å². The van der Waals surface area contributed by atoms with E-state index in [1.54, 1.807) is 6.92 Å². The Hall–Kier alpha value is -2.73. The van der Waals surface area contributed by atoms with E-state index < -0.39 is 34.6 Å². The summed E-state index contributed by atoms with van der Waals surface area (Å²) in [4.78, 5) is 24.3. The smallest absolute Gasteiger partial charge is 0.431 e. The zero-order valence-electron chi connectivity index (χ0n) is 13.4. The highest BCUT2D eigenvalue weighted by molar-refractivity contribution is 6.32. The average Bonchev–Trinajstić information content (AvgIpc) is 2.53. The molecule has 0 amide bonds. The molecule has 5 nitrogen and oxygen atoms in total. The number of alkyl halides is 3. The van der Waals surface area contributed by atoms with Gasteiger partial charge in [-0.05, 0) is 13.0 Å². The van der Waals surface area contributed by atoms with Gasteiger partial charge in [0.05, 0.1) is 10.7 Å². The number of aromatic nitrogens is 2. The van der Waals surface area contributed by atoms with Crippen molar-refractivity contribution in [3.05, 3.63) is 55.6 Å². The van der Waals surface area contributed by atoms with E-state index >= 15 is 0 Å². The fraction of sp³-hybridized carbons (Fsp3) is 0.250. The lowest BCUT2D eigenvalue weighted by atomic mass is 10.2. The first kappa shape index (κ1) is 19.6. The van der Waals surface area contributed by atoms with Gasteiger partial charge >= 0.3 is 11.9 Å². The van der Waals surface area contributed by atoms with Crippen molar-refractivity contribution in [1.82, 2.24) is 9.13 Å². The van der Waals surface area contributed by atoms with Gasteiger partial charge in [0.2, 0.25) is 0 Å². The number of hydrogen-bond acceptors (Lipinski definition) is 3. The number of hydrogen-bond donors (Lipinski definition) is 0. The Morgan fingerprint density at radius 1 is 1.23 bits per heavy atom. The van der Waals surface area contributed by atoms with Gasteiger partial charge in [0.1, 0.15) is 23.9 Å². The van der Waals surface area contributed by atoms with Crippen LogP contribution in [0.1, 0.15) is 12.6 Å². The lowest BCUT2D eigenvalue weighted by Gasteiger charge is -2.15. The Morgan fingerprint density at radius 2 is 1.88 bits per heavy atom. The fourth-order valence-electron chi connectivity index (χ4n) is 2.11. The molecule has 1 heterocycles. The fourth-order valence-corrected chi connectivity index (χ4v) is 2.31. The summed E-state index contributed by atoms with van der Waals surface area (Å²) >= 11 is 5.83. The minimum Gasteiger partial charge on any atom is -0.479 e. The maximum atomic E-state index is 14.2. The Kier molecular flexibility index (Phi) is 5.47. The second-order valence-electron chi connectivity index (χ2n) is 4.99. The lowest BCUT2D eigenvalue weighted by Crippen LogP contribution is -2.41. The van der Waals surface area contributed by atoms with Crippen LogP contribution in [0, 0.1) is 17.7 Å². The maximum Gasteiger partial charge on any atom is 0.431 e. The molecule has 138 valence electrons. The van der Waals surface area contributed by atoms with Crippen molar-refractivity contribution in [2.24, 2.45) is 7.05 Å². The van der Waals surface area contributed by atoms with Crippen LogP contribution in [-0.4, -0.2) is 15.7 Å². The van der Waals surface area contributed by atoms with Crippen LogP contribution in [0.3, 0.4) is 0 Å². The van der Waals surface area contributed by atoms with Crippen molar-refractivity contribution in [1.29, 1.82) is 0 Å². The molecule has 1 aromatic heterocycles. The first-order chi connectivity index (χ1) is 12.1. The van der Waals surface area contributed by atoms with Crippen molar-refractivity contribution in [3.8, 4) is 23.3 Å². The molecule has 0 unspecified atom stereocenters. The molecular weight excluding hydrogens is 380 g/mol. The van der Waals surface area contributed by atoms with E-state index in [0.717, 1.165) is 19.2 Å². The highest BCUT2D eigenvalue weighted by Gasteiger charge is 2.35. The van der Waals surface area contributed by atoms with Gasteiger partial charge in [0, 0.05) is 19.2 Å². The van der Waals surface area contributed by atoms with Crippen LogP contribution in [0.4, 0.5) is 17.6 Å². The van der Waals surface area contributed by atoms with Gasteiger partial charge in [-0.1, -0.05) is 17.5 Å². The van der Waals surface area contributed by atoms with E-state index in [4.69, 9.17) is 16.3 Å². The van der Waals surface area contributed by atoms with Crippen molar-refractivity contribution < 1.29 is 22.3 Å². The molecule has 0 N–H and O–H groups in total. The summed E-state index contributed by atoms with van der Waals surface area (Å²) in [5.41, 5.74) is -4.76. The van der Waals surface area contributed by atoms with E-state index in [9.17, 15) is 27.2 Å². The summed E-state index contributed by atoms with van der Waals surface area (Å²) in [7, 11) is 0.823. The van der Waals surface area contributed by atoms with Gasteiger partial charge in [-0.2, -0.15) is 13.2 Å². The molecule has 2 rings (SSSR count). The third-order valence-electron chi connectivity index (χ3n) is 3.33. The van der Waals surface area contributed by atoms with E-state index in [1.165, 1.54) is 0 Å². The van der Waals surface area contributed by atoms with Gasteiger partial charge in [-0.15, -0.1) is 5.92 Å². The number of halogens is 5. The highest BCUT2D eigenvalue weighted by Crippen LogP contribution is 2.30. The predicted molar refractivity (Wildman–Crippen MR) is 86.2 cm³/mol. The van der Waals surface area contributed by atoms with Gasteiger partial charge in [0.15, 0.2) is 0 Å². The normalized spacial score (nSPS) is 11.0. The summed E-state index contributed by atoms with van der Waals surface area (Å²) in [6.07, 6.45) is -4.92. The largest absolute Gasteiger partial charge is 0.479 e. The molecule has 1 aromatic carbocycles. The Balaban J connectivity index is 2.70. The summed E-state index contributed by atoms with van der Waals surface area (Å²) < 4.78 is 58.5. The molecule has 0 saturated heterocycles. The van der Waals surface area contributed by atoms with Crippen molar-refractivity contribution in [2.45, 2.75) is 13.1 Å². The summed E-state index contributed by atoms with van der Waals surface area (Å²) in [5.74, 6) is 3.96. The second kappa shape index (κ2) is 7.25. The number of ether oxygens (including phenoxy) is 1. The van der Waals surface area contributed by atoms with Crippen LogP contribution >= 0.6 is 11.6 Å². The SMILES string of the molecule is CC#CCOc1cc(-n2c(=O)cc(C(F)(F)F)n(C)c2=O)c(F)cc1Cl. The van der Waals surface area contributed by atoms with Gasteiger partial charge in [-0.3, -0.25) is 9.36 Å². The first-order valence-corrected chi connectivity index (χ1v) is 7.37. The van der Waals surface area contributed by atoms with Crippen LogP contribution < -0.4 is 16.0 Å². The predicted octanol–water partition coefficient (Wildman–Crippen LogP) is 2.75. The monoisotopic (exact) mass is 390 g/mol. The molecule has 0 aliphatic rings. The van der Waals surface area contributed by atoms with Crippen molar-refractivity contribution in [2.75, 3.05) is 6.61 Å². The van der Waals surface area contributed by atoms with Crippen LogP contribution in [0.2, 0.25) is 5.02 Å². The minimum atomic E-state index is -4.92. The minimum absolute atomic E-state index is 0.0836. The van der Waals surface area contributed by atoms with Gasteiger partial charge in [0.25, 0.3) is 5.56 Å². The highest BCUT2D eigenvalue weighted by atomic mass is 35.5. The van der Waals surface area contributed by atoms with Crippen LogP contribution in [0.25, 0.3) is 5.69 Å². The topological polar surface area (TPSA) is 53.2 Å². The molecule has 26 heavy (non-hydrogen) atoms. The van der Waals surface area contributed by atoms with E-state index in [2.05, 4.69) is 11.8 Å². The lowest BCUT2D eigenvalue weighted by molar-refractivity contribution is -0.144. The zero-order valence-corrected chi connectivity index (χ0v) is 14.2. The molecular formula is C16H11ClF4N2O3. The Bertz CT molecular complexity index is 1030. The molecule has 0 aliphatic heterocycles. The number of nitrogens with zero attached hydrogens (tertiary/aromatic N) is 2. The molecule has 0 aliphatic carbocycles. The molecule has 0 radical (unpaired) electrons. The number of benzene rings is 1. The summed E-state index contributed by atoms with van der Waals surface area (Å²) in [6, 6.07) is 1.94. The number of rotatable bonds is 3. The molecule has 10 heteroatoms. The summed E-state index contributed by atoms with van der Waals surface area (Å²) in [5, 5.41) is -0.152. The van der Waals surface area contributed by atoms with E-state index in [-0.39, 0.29) is 32.6 Å². The third kappa shape index (κ3) is 3.75. The molecule has 2 aromatic rings. The molecule has 0 fully saturated rings. The zero-order chi connectivity index (χ0) is 19.6. The van der Waals surface area contributed by atoms with Gasteiger partial charge < -0.3 is 4.74 Å². The standard InChI is InChI=1S/C16H11ClF4N2O3/c1-3-4-5-26-12-7-11(10(18)6-9(12)17)23-14(24)8-13(16(19,20)21)22(2)15(23)25/h6-8H,5H2,1-2H3. The van der Waals surface area contributed by atoms with Gasteiger partial charge in [-0.25, -0.2) is 13.8 Å². The first-order valence-electron chi connectivity index (χ1n) is 7.00. The molecule has 0 bridgehead atoms. The van der Waals surface area contributed by atoms with Crippen LogP contribution in [0.15, 0.2) is 27.8 Å². The third-order valence-corrected chi connectivity index (χ3v) is 3.62. The summed E-state index contributed by atoms with van der Waals surface area (Å²) in [6.45, 7) is 1.47. The quantitative estimate of drug-likeness (QED) is 0.598. The van der Waals surface area contributed by atoms with E-state index in [0.29, 0.717) is 0 Å². The molecule has 0 spiro atoms. The Labute approximate surface area is 149 Å². The Morgan fingerprint density at radius 3 is 2.46 bits per heavy atom. The van der Waals surface area contributed by atoms with Crippen LogP contribution in [-0.2, 0) is 13.2 Å². The van der Waals surface area contributed by atoms with Crippen molar-refractivity contribution >= 4 is 11.6 Å².